The largest absolute Gasteiger partial charge is 0.378 e. The summed E-state index contributed by atoms with van der Waals surface area (Å²) < 4.78 is 0.353. The number of anilines is 2. The number of thiocarbonyl (C=S) groups is 1. The highest BCUT2D eigenvalue weighted by Crippen LogP contribution is 2.37. The normalized spacial score (nSPS) is 15.6. The maximum absolute atomic E-state index is 12.7. The number of hydrogen-bond donors (Lipinski definition) is 0. The summed E-state index contributed by atoms with van der Waals surface area (Å²) in [6.45, 7) is 0. The van der Waals surface area contributed by atoms with Crippen molar-refractivity contribution in [1.82, 2.24) is 0 Å². The third kappa shape index (κ3) is 3.61. The van der Waals surface area contributed by atoms with E-state index in [9.17, 15) is 14.9 Å². The minimum atomic E-state index is -0.497. The number of carbonyl (C=O) groups is 1. The molecule has 1 aliphatic rings. The summed E-state index contributed by atoms with van der Waals surface area (Å²) in [6, 6.07) is 13.7. The minimum Gasteiger partial charge on any atom is -0.378 e. The van der Waals surface area contributed by atoms with Crippen molar-refractivity contribution in [2.45, 2.75) is 0 Å². The van der Waals surface area contributed by atoms with Crippen LogP contribution in [0.1, 0.15) is 5.56 Å². The molecule has 8 heteroatoms. The molecular formula is C18H15N3O3S2. The number of nitro benzene ring substituents is 1. The highest BCUT2D eigenvalue weighted by molar-refractivity contribution is 8.27. The molecule has 0 unspecified atom stereocenters. The first kappa shape index (κ1) is 18.1. The van der Waals surface area contributed by atoms with E-state index in [2.05, 4.69) is 0 Å². The first-order chi connectivity index (χ1) is 12.4. The molecule has 0 radical (unpaired) electrons. The lowest BCUT2D eigenvalue weighted by molar-refractivity contribution is -0.384. The molecule has 0 spiro atoms. The number of amides is 1. The molecule has 1 saturated heterocycles. The summed E-state index contributed by atoms with van der Waals surface area (Å²) in [4.78, 5) is 27.0. The Hall–Kier alpha value is -2.71. The molecule has 0 aliphatic carbocycles. The van der Waals surface area contributed by atoms with Gasteiger partial charge in [0, 0.05) is 31.9 Å². The lowest BCUT2D eigenvalue weighted by atomic mass is 10.2. The van der Waals surface area contributed by atoms with Crippen LogP contribution in [0.5, 0.6) is 0 Å². The fourth-order valence-electron chi connectivity index (χ4n) is 2.46. The highest BCUT2D eigenvalue weighted by atomic mass is 32.2. The Balaban J connectivity index is 1.89. The molecule has 1 amide bonds. The quantitative estimate of drug-likeness (QED) is 0.342. The van der Waals surface area contributed by atoms with Crippen LogP contribution in [0.2, 0.25) is 0 Å². The van der Waals surface area contributed by atoms with E-state index >= 15 is 0 Å². The standard InChI is InChI=1S/C18H15N3O3S2/c1-19(2)13-8-6-12(7-9-13)10-16-17(22)20(18(25)26-16)14-4-3-5-15(11-14)21(23)24/h3-11H,1-2H3/b16-10+. The predicted molar refractivity (Wildman–Crippen MR) is 110 cm³/mol. The fourth-order valence-corrected chi connectivity index (χ4v) is 3.76. The van der Waals surface area contributed by atoms with Gasteiger partial charge in [-0.15, -0.1) is 0 Å². The Morgan fingerprint density at radius 3 is 2.50 bits per heavy atom. The summed E-state index contributed by atoms with van der Waals surface area (Å²) in [7, 11) is 3.92. The van der Waals surface area contributed by atoms with E-state index < -0.39 is 4.92 Å². The van der Waals surface area contributed by atoms with E-state index in [-0.39, 0.29) is 11.6 Å². The number of nitrogens with zero attached hydrogens (tertiary/aromatic N) is 3. The van der Waals surface area contributed by atoms with Gasteiger partial charge in [0.2, 0.25) is 0 Å². The smallest absolute Gasteiger partial charge is 0.271 e. The van der Waals surface area contributed by atoms with Crippen molar-refractivity contribution >= 4 is 57.3 Å². The van der Waals surface area contributed by atoms with Gasteiger partial charge >= 0.3 is 0 Å². The monoisotopic (exact) mass is 385 g/mol. The molecule has 0 atom stereocenters. The zero-order chi connectivity index (χ0) is 18.8. The Labute approximate surface area is 160 Å². The lowest BCUT2D eigenvalue weighted by Crippen LogP contribution is -2.27. The molecule has 132 valence electrons. The van der Waals surface area contributed by atoms with Crippen LogP contribution < -0.4 is 9.80 Å². The van der Waals surface area contributed by atoms with Crippen LogP contribution in [0.25, 0.3) is 6.08 Å². The number of non-ortho nitro benzene ring substituents is 1. The molecule has 26 heavy (non-hydrogen) atoms. The van der Waals surface area contributed by atoms with Gasteiger partial charge in [-0.1, -0.05) is 42.2 Å². The topological polar surface area (TPSA) is 66.7 Å². The predicted octanol–water partition coefficient (Wildman–Crippen LogP) is 4.07. The molecule has 0 N–H and O–H groups in total. The summed E-state index contributed by atoms with van der Waals surface area (Å²) in [5.74, 6) is -0.280. The number of nitro groups is 1. The molecule has 3 rings (SSSR count). The zero-order valence-corrected chi connectivity index (χ0v) is 15.7. The summed E-state index contributed by atoms with van der Waals surface area (Å²) >= 11 is 6.49. The van der Waals surface area contributed by atoms with Crippen LogP contribution in [-0.4, -0.2) is 29.2 Å². The average molecular weight is 385 g/mol. The Bertz CT molecular complexity index is 924. The van der Waals surface area contributed by atoms with Crippen LogP contribution >= 0.6 is 24.0 Å². The molecule has 1 aliphatic heterocycles. The van der Waals surface area contributed by atoms with Crippen molar-refractivity contribution in [2.75, 3.05) is 23.9 Å². The van der Waals surface area contributed by atoms with E-state index in [0.29, 0.717) is 14.9 Å². The van der Waals surface area contributed by atoms with Crippen LogP contribution in [0, 0.1) is 10.1 Å². The van der Waals surface area contributed by atoms with Crippen LogP contribution in [0.3, 0.4) is 0 Å². The number of carbonyl (C=O) groups excluding carboxylic acids is 1. The van der Waals surface area contributed by atoms with Crippen molar-refractivity contribution in [2.24, 2.45) is 0 Å². The van der Waals surface area contributed by atoms with E-state index in [1.807, 2.05) is 43.3 Å². The van der Waals surface area contributed by atoms with Gasteiger partial charge in [-0.2, -0.15) is 0 Å². The third-order valence-electron chi connectivity index (χ3n) is 3.80. The maximum atomic E-state index is 12.7. The van der Waals surface area contributed by atoms with Crippen LogP contribution in [0.15, 0.2) is 53.4 Å². The average Bonchev–Trinajstić information content (AvgIpc) is 2.89. The molecular weight excluding hydrogens is 370 g/mol. The van der Waals surface area contributed by atoms with Gasteiger partial charge in [0.1, 0.15) is 0 Å². The van der Waals surface area contributed by atoms with Crippen molar-refractivity contribution in [3.8, 4) is 0 Å². The second-order valence-corrected chi connectivity index (χ2v) is 7.46. The second kappa shape index (κ2) is 7.27. The zero-order valence-electron chi connectivity index (χ0n) is 14.1. The van der Waals surface area contributed by atoms with Gasteiger partial charge in [-0.3, -0.25) is 19.8 Å². The van der Waals surface area contributed by atoms with Gasteiger partial charge in [0.25, 0.3) is 11.6 Å². The Morgan fingerprint density at radius 1 is 1.19 bits per heavy atom. The van der Waals surface area contributed by atoms with Gasteiger partial charge in [-0.25, -0.2) is 0 Å². The SMILES string of the molecule is CN(C)c1ccc(/C=C2/SC(=S)N(c3cccc([N+](=O)[O-])c3)C2=O)cc1. The molecule has 0 bridgehead atoms. The highest BCUT2D eigenvalue weighted by Gasteiger charge is 2.33. The van der Waals surface area contributed by atoms with Gasteiger partial charge in [0.15, 0.2) is 4.32 Å². The minimum absolute atomic E-state index is 0.0835. The second-order valence-electron chi connectivity index (χ2n) is 5.78. The van der Waals surface area contributed by atoms with Crippen molar-refractivity contribution in [3.05, 3.63) is 69.1 Å². The van der Waals surface area contributed by atoms with Gasteiger partial charge < -0.3 is 4.90 Å². The van der Waals surface area contributed by atoms with E-state index in [1.165, 1.54) is 34.9 Å². The Kier molecular flexibility index (Phi) is 5.06. The van der Waals surface area contributed by atoms with Crippen molar-refractivity contribution in [1.29, 1.82) is 0 Å². The molecule has 0 aromatic heterocycles. The van der Waals surface area contributed by atoms with Crippen LogP contribution in [0.4, 0.5) is 17.1 Å². The van der Waals surface area contributed by atoms with E-state index in [4.69, 9.17) is 12.2 Å². The first-order valence-electron chi connectivity index (χ1n) is 7.66. The number of thioether (sulfide) groups is 1. The van der Waals surface area contributed by atoms with Crippen LogP contribution in [-0.2, 0) is 4.79 Å². The number of rotatable bonds is 4. The summed E-state index contributed by atoms with van der Waals surface area (Å²) in [6.07, 6.45) is 1.77. The maximum Gasteiger partial charge on any atom is 0.271 e. The van der Waals surface area contributed by atoms with Crippen molar-refractivity contribution in [3.63, 3.8) is 0 Å². The summed E-state index contributed by atoms with van der Waals surface area (Å²) in [5, 5.41) is 11.0. The number of benzene rings is 2. The molecule has 6 nitrogen and oxygen atoms in total. The van der Waals surface area contributed by atoms with Gasteiger partial charge in [0.05, 0.1) is 15.5 Å². The molecule has 1 heterocycles. The molecule has 0 saturated carbocycles. The van der Waals surface area contributed by atoms with E-state index in [1.54, 1.807) is 12.1 Å². The third-order valence-corrected chi connectivity index (χ3v) is 5.10. The number of hydrogen-bond acceptors (Lipinski definition) is 6. The fraction of sp³-hybridized carbons (Fsp3) is 0.111. The molecule has 2 aromatic carbocycles. The van der Waals surface area contributed by atoms with Crippen molar-refractivity contribution < 1.29 is 9.72 Å². The first-order valence-corrected chi connectivity index (χ1v) is 8.89. The Morgan fingerprint density at radius 2 is 1.88 bits per heavy atom. The molecule has 1 fully saturated rings. The van der Waals surface area contributed by atoms with Gasteiger partial charge in [-0.05, 0) is 29.8 Å². The summed E-state index contributed by atoms with van der Waals surface area (Å²) in [5.41, 5.74) is 2.26. The van der Waals surface area contributed by atoms with E-state index in [0.717, 1.165) is 11.3 Å². The lowest BCUT2D eigenvalue weighted by Gasteiger charge is -2.14. The molecule has 2 aromatic rings.